The summed E-state index contributed by atoms with van der Waals surface area (Å²) in [5.41, 5.74) is 1.64. The van der Waals surface area contributed by atoms with Crippen LogP contribution in [-0.4, -0.2) is 32.6 Å². The molecule has 29 heavy (non-hydrogen) atoms. The number of nitrogens with zero attached hydrogens (tertiary/aromatic N) is 3. The van der Waals surface area contributed by atoms with E-state index in [2.05, 4.69) is 20.7 Å². The zero-order valence-electron chi connectivity index (χ0n) is 15.8. The molecule has 150 valence electrons. The number of amides is 2. The number of hydrogen-bond acceptors (Lipinski definition) is 4. The first-order valence-corrected chi connectivity index (χ1v) is 9.26. The number of halogens is 2. The highest BCUT2D eigenvalue weighted by atomic mass is 35.5. The van der Waals surface area contributed by atoms with Crippen LogP contribution in [0.15, 0.2) is 48.8 Å². The standard InChI is InChI=1S/C20H19ClFN5O2/c1-12(2)25-20(29)18-5-3-4-17(26-18)19(28)23-9-13-10-24-27(11-13)14-6-7-16(22)15(21)8-14/h3-8,10-12H,9H2,1-2H3,(H,23,28)(H,25,29). The molecular formula is C20H19ClFN5O2. The van der Waals surface area contributed by atoms with Crippen LogP contribution >= 0.6 is 11.6 Å². The van der Waals surface area contributed by atoms with Crippen LogP contribution in [0.1, 0.15) is 40.4 Å². The smallest absolute Gasteiger partial charge is 0.270 e. The van der Waals surface area contributed by atoms with E-state index in [0.717, 1.165) is 5.56 Å². The number of nitrogens with one attached hydrogen (secondary N) is 2. The molecule has 3 rings (SSSR count). The average molecular weight is 416 g/mol. The average Bonchev–Trinajstić information content (AvgIpc) is 3.17. The summed E-state index contributed by atoms with van der Waals surface area (Å²) in [6.45, 7) is 3.89. The van der Waals surface area contributed by atoms with Crippen molar-refractivity contribution in [3.05, 3.63) is 76.6 Å². The molecule has 0 unspecified atom stereocenters. The Morgan fingerprint density at radius 1 is 1.17 bits per heavy atom. The van der Waals surface area contributed by atoms with Crippen molar-refractivity contribution in [1.29, 1.82) is 0 Å². The Hall–Kier alpha value is -3.26. The van der Waals surface area contributed by atoms with Crippen molar-refractivity contribution < 1.29 is 14.0 Å². The van der Waals surface area contributed by atoms with E-state index in [4.69, 9.17) is 11.6 Å². The van der Waals surface area contributed by atoms with Crippen molar-refractivity contribution in [2.75, 3.05) is 0 Å². The number of carbonyl (C=O) groups is 2. The van der Waals surface area contributed by atoms with E-state index in [1.807, 2.05) is 13.8 Å². The van der Waals surface area contributed by atoms with Crippen molar-refractivity contribution in [1.82, 2.24) is 25.4 Å². The lowest BCUT2D eigenvalue weighted by Crippen LogP contribution is -2.31. The van der Waals surface area contributed by atoms with Crippen LogP contribution in [0, 0.1) is 5.82 Å². The molecule has 3 aromatic rings. The number of carbonyl (C=O) groups excluding carboxylic acids is 2. The first-order valence-electron chi connectivity index (χ1n) is 8.88. The van der Waals surface area contributed by atoms with Crippen LogP contribution in [0.4, 0.5) is 4.39 Å². The summed E-state index contributed by atoms with van der Waals surface area (Å²) in [5, 5.41) is 9.66. The zero-order valence-corrected chi connectivity index (χ0v) is 16.6. The van der Waals surface area contributed by atoms with Crippen LogP contribution in [0.25, 0.3) is 5.69 Å². The topological polar surface area (TPSA) is 88.9 Å². The number of pyridine rings is 1. The Kier molecular flexibility index (Phi) is 6.23. The Bertz CT molecular complexity index is 1050. The Labute approximate surface area is 171 Å². The van der Waals surface area contributed by atoms with Crippen molar-refractivity contribution in [2.45, 2.75) is 26.4 Å². The minimum atomic E-state index is -0.508. The molecule has 1 aromatic carbocycles. The molecule has 0 atom stereocenters. The van der Waals surface area contributed by atoms with Crippen LogP contribution in [0.5, 0.6) is 0 Å². The molecule has 0 aliphatic rings. The van der Waals surface area contributed by atoms with E-state index in [1.165, 1.54) is 22.9 Å². The van der Waals surface area contributed by atoms with Crippen LogP contribution in [-0.2, 0) is 6.54 Å². The maximum absolute atomic E-state index is 13.3. The lowest BCUT2D eigenvalue weighted by Gasteiger charge is -2.08. The van der Waals surface area contributed by atoms with Gasteiger partial charge in [-0.05, 0) is 44.2 Å². The van der Waals surface area contributed by atoms with Gasteiger partial charge in [0.25, 0.3) is 11.8 Å². The Morgan fingerprint density at radius 2 is 1.90 bits per heavy atom. The first kappa shape index (κ1) is 20.5. The van der Waals surface area contributed by atoms with E-state index >= 15 is 0 Å². The monoisotopic (exact) mass is 415 g/mol. The summed E-state index contributed by atoms with van der Waals surface area (Å²) in [7, 11) is 0. The lowest BCUT2D eigenvalue weighted by atomic mass is 10.2. The summed E-state index contributed by atoms with van der Waals surface area (Å²) in [4.78, 5) is 28.5. The van der Waals surface area contributed by atoms with Crippen molar-refractivity contribution >= 4 is 23.4 Å². The third kappa shape index (κ3) is 5.17. The molecule has 7 nitrogen and oxygen atoms in total. The van der Waals surface area contributed by atoms with E-state index in [-0.39, 0.29) is 34.9 Å². The van der Waals surface area contributed by atoms with E-state index in [9.17, 15) is 14.0 Å². The van der Waals surface area contributed by atoms with Crippen LogP contribution in [0.3, 0.4) is 0 Å². The van der Waals surface area contributed by atoms with Gasteiger partial charge in [0.15, 0.2) is 0 Å². The molecule has 0 aliphatic heterocycles. The second kappa shape index (κ2) is 8.83. The molecule has 0 spiro atoms. The minimum absolute atomic E-state index is 0.000290. The summed E-state index contributed by atoms with van der Waals surface area (Å²) < 4.78 is 14.8. The van der Waals surface area contributed by atoms with Gasteiger partial charge in [-0.1, -0.05) is 17.7 Å². The molecule has 0 aliphatic carbocycles. The highest BCUT2D eigenvalue weighted by Gasteiger charge is 2.13. The summed E-state index contributed by atoms with van der Waals surface area (Å²) in [6, 6.07) is 8.92. The predicted octanol–water partition coefficient (Wildman–Crippen LogP) is 3.13. The number of aromatic nitrogens is 3. The molecule has 0 fully saturated rings. The van der Waals surface area contributed by atoms with Gasteiger partial charge in [-0.3, -0.25) is 9.59 Å². The second-order valence-corrected chi connectivity index (χ2v) is 7.02. The maximum atomic E-state index is 13.3. The molecule has 2 amide bonds. The Morgan fingerprint density at radius 3 is 2.59 bits per heavy atom. The SMILES string of the molecule is CC(C)NC(=O)c1cccc(C(=O)NCc2cnn(-c3ccc(F)c(Cl)c3)c2)n1. The predicted molar refractivity (Wildman–Crippen MR) is 107 cm³/mol. The van der Waals surface area contributed by atoms with Gasteiger partial charge in [0.05, 0.1) is 16.9 Å². The molecule has 0 saturated carbocycles. The molecule has 2 N–H and O–H groups in total. The van der Waals surface area contributed by atoms with Gasteiger partial charge in [0.1, 0.15) is 17.2 Å². The van der Waals surface area contributed by atoms with Crippen molar-refractivity contribution in [2.24, 2.45) is 0 Å². The fourth-order valence-electron chi connectivity index (χ4n) is 2.52. The molecule has 9 heteroatoms. The highest BCUT2D eigenvalue weighted by Crippen LogP contribution is 2.18. The number of benzene rings is 1. The van der Waals surface area contributed by atoms with Crippen molar-refractivity contribution in [3.8, 4) is 5.69 Å². The fraction of sp³-hybridized carbons (Fsp3) is 0.200. The third-order valence-electron chi connectivity index (χ3n) is 3.89. The fourth-order valence-corrected chi connectivity index (χ4v) is 2.69. The van der Waals surface area contributed by atoms with Gasteiger partial charge in [0, 0.05) is 24.3 Å². The van der Waals surface area contributed by atoms with Gasteiger partial charge in [0.2, 0.25) is 0 Å². The van der Waals surface area contributed by atoms with Gasteiger partial charge in [-0.15, -0.1) is 0 Å². The van der Waals surface area contributed by atoms with Gasteiger partial charge >= 0.3 is 0 Å². The highest BCUT2D eigenvalue weighted by molar-refractivity contribution is 6.30. The van der Waals surface area contributed by atoms with Gasteiger partial charge < -0.3 is 10.6 Å². The molecule has 0 radical (unpaired) electrons. The normalized spacial score (nSPS) is 10.8. The van der Waals surface area contributed by atoms with Gasteiger partial charge in [-0.2, -0.15) is 5.10 Å². The molecule has 0 saturated heterocycles. The summed E-state index contributed by atoms with van der Waals surface area (Å²) >= 11 is 5.80. The first-order chi connectivity index (χ1) is 13.8. The molecular weight excluding hydrogens is 397 g/mol. The van der Waals surface area contributed by atoms with E-state index in [1.54, 1.807) is 30.6 Å². The van der Waals surface area contributed by atoms with Crippen LogP contribution in [0.2, 0.25) is 5.02 Å². The molecule has 2 heterocycles. The number of hydrogen-bond donors (Lipinski definition) is 2. The maximum Gasteiger partial charge on any atom is 0.270 e. The molecule has 2 aromatic heterocycles. The second-order valence-electron chi connectivity index (χ2n) is 6.61. The number of rotatable bonds is 6. The third-order valence-corrected chi connectivity index (χ3v) is 4.18. The Balaban J connectivity index is 1.65. The lowest BCUT2D eigenvalue weighted by molar-refractivity contribution is 0.0936. The zero-order chi connectivity index (χ0) is 21.0. The minimum Gasteiger partial charge on any atom is -0.349 e. The largest absolute Gasteiger partial charge is 0.349 e. The molecule has 0 bridgehead atoms. The van der Waals surface area contributed by atoms with Crippen LogP contribution < -0.4 is 10.6 Å². The van der Waals surface area contributed by atoms with E-state index in [0.29, 0.717) is 5.69 Å². The quantitative estimate of drug-likeness (QED) is 0.647. The van der Waals surface area contributed by atoms with Gasteiger partial charge in [-0.25, -0.2) is 14.1 Å². The van der Waals surface area contributed by atoms with E-state index < -0.39 is 11.7 Å². The van der Waals surface area contributed by atoms with Crippen molar-refractivity contribution in [3.63, 3.8) is 0 Å². The summed E-state index contributed by atoms with van der Waals surface area (Å²) in [5.74, 6) is -1.26. The summed E-state index contributed by atoms with van der Waals surface area (Å²) in [6.07, 6.45) is 3.28.